The predicted molar refractivity (Wildman–Crippen MR) is 125 cm³/mol. The maximum atomic E-state index is 12.8. The van der Waals surface area contributed by atoms with Gasteiger partial charge in [-0.2, -0.15) is 5.10 Å². The minimum Gasteiger partial charge on any atom is -0.354 e. The van der Waals surface area contributed by atoms with Crippen LogP contribution in [0.1, 0.15) is 53.0 Å². The zero-order chi connectivity index (χ0) is 23.5. The molecule has 1 aromatic rings. The fraction of sp³-hybridized carbons (Fsp3) is 0.583. The number of nitrogens with zero attached hydrogens (tertiary/aromatic N) is 2. The molecule has 3 amide bonds. The van der Waals surface area contributed by atoms with Crippen LogP contribution >= 0.6 is 0 Å². The SMILES string of the molecule is CCCN(CCC)CC(=O)Nc1ccccc1C1=NNC(=O)[C@H]2[C@@H](C(=O)NC(C)C)[C@@]12C. The Kier molecular flexibility index (Phi) is 7.33. The van der Waals surface area contributed by atoms with Crippen molar-refractivity contribution in [3.8, 4) is 0 Å². The second-order valence-corrected chi connectivity index (χ2v) is 9.21. The van der Waals surface area contributed by atoms with E-state index < -0.39 is 17.3 Å². The van der Waals surface area contributed by atoms with Gasteiger partial charge in [-0.05, 0) is 45.8 Å². The van der Waals surface area contributed by atoms with Crippen LogP contribution in [0.2, 0.25) is 0 Å². The second-order valence-electron chi connectivity index (χ2n) is 9.21. The molecule has 2 aliphatic rings. The number of hydrogen-bond donors (Lipinski definition) is 3. The van der Waals surface area contributed by atoms with E-state index in [4.69, 9.17) is 0 Å². The van der Waals surface area contributed by atoms with Gasteiger partial charge in [-0.3, -0.25) is 19.3 Å². The highest BCUT2D eigenvalue weighted by Gasteiger charge is 2.72. The number of hydrazone groups is 1. The average molecular weight is 442 g/mol. The van der Waals surface area contributed by atoms with Gasteiger partial charge in [0, 0.05) is 22.7 Å². The molecule has 0 aromatic heterocycles. The number of para-hydroxylation sites is 1. The molecular formula is C24H35N5O3. The molecule has 8 nitrogen and oxygen atoms in total. The lowest BCUT2D eigenvalue weighted by Gasteiger charge is -2.23. The third-order valence-electron chi connectivity index (χ3n) is 6.20. The summed E-state index contributed by atoms with van der Waals surface area (Å²) >= 11 is 0. The molecule has 1 aliphatic heterocycles. The Bertz CT molecular complexity index is 907. The minimum atomic E-state index is -0.710. The molecule has 0 radical (unpaired) electrons. The number of fused-ring (bicyclic) bond motifs is 1. The molecule has 1 heterocycles. The van der Waals surface area contributed by atoms with Crippen molar-refractivity contribution >= 4 is 29.1 Å². The van der Waals surface area contributed by atoms with Gasteiger partial charge in [0.1, 0.15) is 0 Å². The van der Waals surface area contributed by atoms with Crippen molar-refractivity contribution in [2.45, 2.75) is 53.5 Å². The standard InChI is InChI=1S/C24H35N5O3/c1-6-12-29(13-7-2)14-18(30)26-17-11-9-8-10-16(17)21-24(5)19(22(31)25-15(3)4)20(24)23(32)28-27-21/h8-11,15,19-20H,6-7,12-14H2,1-5H3,(H,25,31)(H,26,30)(H,28,32)/t19-,20+,24+/m0/s1. The molecule has 174 valence electrons. The van der Waals surface area contributed by atoms with Gasteiger partial charge in [-0.15, -0.1) is 0 Å². The van der Waals surface area contributed by atoms with Crippen LogP contribution in [0.3, 0.4) is 0 Å². The first-order valence-electron chi connectivity index (χ1n) is 11.5. The van der Waals surface area contributed by atoms with Crippen LogP contribution < -0.4 is 16.1 Å². The number of hydrogen-bond acceptors (Lipinski definition) is 5. The number of benzene rings is 1. The monoisotopic (exact) mass is 441 g/mol. The molecule has 3 atom stereocenters. The van der Waals surface area contributed by atoms with E-state index in [1.165, 1.54) is 0 Å². The average Bonchev–Trinajstić information content (AvgIpc) is 3.37. The summed E-state index contributed by atoms with van der Waals surface area (Å²) < 4.78 is 0. The van der Waals surface area contributed by atoms with Crippen LogP contribution in [0.5, 0.6) is 0 Å². The van der Waals surface area contributed by atoms with E-state index in [2.05, 4.69) is 39.9 Å². The van der Waals surface area contributed by atoms with Gasteiger partial charge in [0.15, 0.2) is 0 Å². The largest absolute Gasteiger partial charge is 0.354 e. The summed E-state index contributed by atoms with van der Waals surface area (Å²) in [5.74, 6) is -1.43. The fourth-order valence-electron chi connectivity index (χ4n) is 4.77. The number of amides is 3. The van der Waals surface area contributed by atoms with Gasteiger partial charge in [0.05, 0.1) is 24.1 Å². The molecule has 32 heavy (non-hydrogen) atoms. The maximum absolute atomic E-state index is 12.8. The number of nitrogens with one attached hydrogen (secondary N) is 3. The smallest absolute Gasteiger partial charge is 0.245 e. The summed E-state index contributed by atoms with van der Waals surface area (Å²) in [5, 5.41) is 10.3. The van der Waals surface area contributed by atoms with Crippen LogP contribution in [-0.2, 0) is 14.4 Å². The number of rotatable bonds is 10. The Balaban J connectivity index is 1.84. The first-order chi connectivity index (χ1) is 15.2. The number of anilines is 1. The van der Waals surface area contributed by atoms with Crippen LogP contribution in [0, 0.1) is 17.3 Å². The van der Waals surface area contributed by atoms with Crippen molar-refractivity contribution in [1.82, 2.24) is 15.6 Å². The lowest BCUT2D eigenvalue weighted by molar-refractivity contribution is -0.127. The topological polar surface area (TPSA) is 103 Å². The summed E-state index contributed by atoms with van der Waals surface area (Å²) in [6.45, 7) is 12.0. The Labute approximate surface area is 190 Å². The molecule has 0 saturated heterocycles. The molecule has 8 heteroatoms. The summed E-state index contributed by atoms with van der Waals surface area (Å²) in [5.41, 5.74) is 3.86. The molecule has 3 rings (SSSR count). The van der Waals surface area contributed by atoms with Crippen molar-refractivity contribution in [2.24, 2.45) is 22.4 Å². The van der Waals surface area contributed by atoms with Gasteiger partial charge in [-0.1, -0.05) is 39.0 Å². The molecule has 0 unspecified atom stereocenters. The first-order valence-corrected chi connectivity index (χ1v) is 11.5. The molecule has 0 bridgehead atoms. The summed E-state index contributed by atoms with van der Waals surface area (Å²) in [4.78, 5) is 40.2. The van der Waals surface area contributed by atoms with E-state index in [1.54, 1.807) is 0 Å². The Morgan fingerprint density at radius 2 is 1.84 bits per heavy atom. The van der Waals surface area contributed by atoms with E-state index >= 15 is 0 Å². The molecule has 1 aliphatic carbocycles. The molecule has 1 fully saturated rings. The molecule has 1 aromatic carbocycles. The van der Waals surface area contributed by atoms with E-state index in [0.29, 0.717) is 17.9 Å². The van der Waals surface area contributed by atoms with E-state index in [1.807, 2.05) is 45.0 Å². The maximum Gasteiger partial charge on any atom is 0.245 e. The summed E-state index contributed by atoms with van der Waals surface area (Å²) in [6.07, 6.45) is 1.97. The first kappa shape index (κ1) is 23.9. The second kappa shape index (κ2) is 9.81. The van der Waals surface area contributed by atoms with Crippen molar-refractivity contribution in [2.75, 3.05) is 25.0 Å². The summed E-state index contributed by atoms with van der Waals surface area (Å²) in [7, 11) is 0. The molecule has 1 saturated carbocycles. The Hall–Kier alpha value is -2.74. The fourth-order valence-corrected chi connectivity index (χ4v) is 4.77. The molecule has 3 N–H and O–H groups in total. The van der Waals surface area contributed by atoms with Gasteiger partial charge in [-0.25, -0.2) is 5.43 Å². The normalized spacial score (nSPS) is 24.0. The van der Waals surface area contributed by atoms with Crippen molar-refractivity contribution in [3.05, 3.63) is 29.8 Å². The Morgan fingerprint density at radius 1 is 1.19 bits per heavy atom. The minimum absolute atomic E-state index is 0.0158. The predicted octanol–water partition coefficient (Wildman–Crippen LogP) is 2.36. The number of carbonyl (C=O) groups is 3. The van der Waals surface area contributed by atoms with Gasteiger partial charge < -0.3 is 10.6 Å². The van der Waals surface area contributed by atoms with E-state index in [0.717, 1.165) is 31.5 Å². The lowest BCUT2D eigenvalue weighted by Crippen LogP contribution is -2.36. The molecular weight excluding hydrogens is 406 g/mol. The van der Waals surface area contributed by atoms with Crippen LogP contribution in [-0.4, -0.2) is 54.0 Å². The van der Waals surface area contributed by atoms with E-state index in [-0.39, 0.29) is 23.8 Å². The van der Waals surface area contributed by atoms with E-state index in [9.17, 15) is 14.4 Å². The van der Waals surface area contributed by atoms with Gasteiger partial charge >= 0.3 is 0 Å². The van der Waals surface area contributed by atoms with Crippen molar-refractivity contribution < 1.29 is 14.4 Å². The zero-order valence-corrected chi connectivity index (χ0v) is 19.7. The highest BCUT2D eigenvalue weighted by atomic mass is 16.2. The Morgan fingerprint density at radius 3 is 2.47 bits per heavy atom. The van der Waals surface area contributed by atoms with Crippen LogP contribution in [0.15, 0.2) is 29.4 Å². The molecule has 0 spiro atoms. The quantitative estimate of drug-likeness (QED) is 0.519. The number of carbonyl (C=O) groups excluding carboxylic acids is 3. The summed E-state index contributed by atoms with van der Waals surface area (Å²) in [6, 6.07) is 7.42. The van der Waals surface area contributed by atoms with Gasteiger partial charge in [0.25, 0.3) is 0 Å². The highest BCUT2D eigenvalue weighted by Crippen LogP contribution is 2.62. The van der Waals surface area contributed by atoms with Crippen LogP contribution in [0.4, 0.5) is 5.69 Å². The third kappa shape index (κ3) is 4.70. The third-order valence-corrected chi connectivity index (χ3v) is 6.20. The van der Waals surface area contributed by atoms with Crippen LogP contribution in [0.25, 0.3) is 0 Å². The van der Waals surface area contributed by atoms with Gasteiger partial charge in [0.2, 0.25) is 17.7 Å². The van der Waals surface area contributed by atoms with Crippen molar-refractivity contribution in [1.29, 1.82) is 0 Å². The van der Waals surface area contributed by atoms with Crippen molar-refractivity contribution in [3.63, 3.8) is 0 Å². The lowest BCUT2D eigenvalue weighted by atomic mass is 9.89. The zero-order valence-electron chi connectivity index (χ0n) is 19.7. The highest BCUT2D eigenvalue weighted by molar-refractivity contribution is 6.19.